The van der Waals surface area contributed by atoms with Gasteiger partial charge in [0.15, 0.2) is 0 Å². The molecule has 0 N–H and O–H groups in total. The molecular formula is C15H21ClN2O2. The average Bonchev–Trinajstić information content (AvgIpc) is 2.41. The highest BCUT2D eigenvalue weighted by Crippen LogP contribution is 2.29. The van der Waals surface area contributed by atoms with Gasteiger partial charge in [0.25, 0.3) is 5.69 Å². The molecule has 1 aliphatic carbocycles. The first-order valence-electron chi connectivity index (χ1n) is 7.10. The molecule has 5 heteroatoms. The van der Waals surface area contributed by atoms with Crippen LogP contribution in [0.1, 0.15) is 38.2 Å². The van der Waals surface area contributed by atoms with Crippen LogP contribution in [0.4, 0.5) is 5.69 Å². The second-order valence-electron chi connectivity index (χ2n) is 5.86. The van der Waals surface area contributed by atoms with Gasteiger partial charge in [0.2, 0.25) is 0 Å². The lowest BCUT2D eigenvalue weighted by molar-refractivity contribution is -0.384. The highest BCUT2D eigenvalue weighted by molar-refractivity contribution is 6.31. The molecule has 0 saturated heterocycles. The number of nitro benzene ring substituents is 1. The largest absolute Gasteiger partial charge is 0.299 e. The Kier molecular flexibility index (Phi) is 5.00. The molecule has 0 aromatic heterocycles. The minimum absolute atomic E-state index is 0.107. The zero-order valence-corrected chi connectivity index (χ0v) is 12.8. The lowest BCUT2D eigenvalue weighted by Gasteiger charge is -2.33. The number of hydrogen-bond donors (Lipinski definition) is 0. The topological polar surface area (TPSA) is 46.4 Å². The highest BCUT2D eigenvalue weighted by atomic mass is 35.5. The third kappa shape index (κ3) is 3.70. The van der Waals surface area contributed by atoms with Gasteiger partial charge in [-0.2, -0.15) is 0 Å². The zero-order valence-electron chi connectivity index (χ0n) is 12.0. The van der Waals surface area contributed by atoms with E-state index in [1.54, 1.807) is 12.1 Å². The maximum Gasteiger partial charge on any atom is 0.269 e. The lowest BCUT2D eigenvalue weighted by Crippen LogP contribution is -2.34. The second-order valence-corrected chi connectivity index (χ2v) is 6.27. The van der Waals surface area contributed by atoms with E-state index < -0.39 is 0 Å². The standard InChI is InChI=1S/C15H21ClN2O2/c1-11-3-5-13(6-4-11)17(2)10-12-9-14(18(19)20)7-8-15(12)16/h7-9,11,13H,3-6,10H2,1-2H3. The Morgan fingerprint density at radius 3 is 2.60 bits per heavy atom. The predicted molar refractivity (Wildman–Crippen MR) is 81.0 cm³/mol. The molecule has 1 aromatic rings. The van der Waals surface area contributed by atoms with Gasteiger partial charge in [0.05, 0.1) is 4.92 Å². The molecular weight excluding hydrogens is 276 g/mol. The quantitative estimate of drug-likeness (QED) is 0.616. The molecule has 110 valence electrons. The molecule has 0 aliphatic heterocycles. The minimum Gasteiger partial charge on any atom is -0.299 e. The lowest BCUT2D eigenvalue weighted by atomic mass is 9.86. The SMILES string of the molecule is CC1CCC(N(C)Cc2cc([N+](=O)[O-])ccc2Cl)CC1. The third-order valence-electron chi connectivity index (χ3n) is 4.27. The van der Waals surface area contributed by atoms with Gasteiger partial charge < -0.3 is 0 Å². The fraction of sp³-hybridized carbons (Fsp3) is 0.600. The van der Waals surface area contributed by atoms with Crippen molar-refractivity contribution in [1.29, 1.82) is 0 Å². The van der Waals surface area contributed by atoms with E-state index in [1.807, 2.05) is 0 Å². The molecule has 20 heavy (non-hydrogen) atoms. The maximum atomic E-state index is 10.8. The Hall–Kier alpha value is -1.13. The van der Waals surface area contributed by atoms with Crippen molar-refractivity contribution < 1.29 is 4.92 Å². The van der Waals surface area contributed by atoms with Gasteiger partial charge in [-0.3, -0.25) is 15.0 Å². The van der Waals surface area contributed by atoms with E-state index in [4.69, 9.17) is 11.6 Å². The summed E-state index contributed by atoms with van der Waals surface area (Å²) in [6.07, 6.45) is 4.92. The molecule has 0 amide bonds. The molecule has 1 aliphatic rings. The smallest absolute Gasteiger partial charge is 0.269 e. The van der Waals surface area contributed by atoms with Crippen molar-refractivity contribution >= 4 is 17.3 Å². The van der Waals surface area contributed by atoms with Crippen LogP contribution >= 0.6 is 11.6 Å². The van der Waals surface area contributed by atoms with Crippen molar-refractivity contribution in [3.8, 4) is 0 Å². The fourth-order valence-electron chi connectivity index (χ4n) is 2.88. The Morgan fingerprint density at radius 2 is 2.00 bits per heavy atom. The maximum absolute atomic E-state index is 10.8. The first kappa shape index (κ1) is 15.3. The number of benzene rings is 1. The number of nitro groups is 1. The summed E-state index contributed by atoms with van der Waals surface area (Å²) in [5.74, 6) is 0.820. The number of halogens is 1. The number of hydrogen-bond acceptors (Lipinski definition) is 3. The summed E-state index contributed by atoms with van der Waals surface area (Å²) in [6.45, 7) is 2.97. The van der Waals surface area contributed by atoms with E-state index >= 15 is 0 Å². The molecule has 0 atom stereocenters. The normalized spacial score (nSPS) is 23.0. The van der Waals surface area contributed by atoms with Crippen LogP contribution in [0.2, 0.25) is 5.02 Å². The number of rotatable bonds is 4. The van der Waals surface area contributed by atoms with Crippen molar-refractivity contribution in [1.82, 2.24) is 4.90 Å². The molecule has 0 spiro atoms. The van der Waals surface area contributed by atoms with Crippen LogP contribution in [0.25, 0.3) is 0 Å². The van der Waals surface area contributed by atoms with Crippen molar-refractivity contribution in [2.75, 3.05) is 7.05 Å². The summed E-state index contributed by atoms with van der Waals surface area (Å²) >= 11 is 6.16. The van der Waals surface area contributed by atoms with Crippen molar-refractivity contribution in [2.45, 2.75) is 45.2 Å². The molecule has 0 unspecified atom stereocenters. The molecule has 1 saturated carbocycles. The van der Waals surface area contributed by atoms with Crippen LogP contribution in [0.15, 0.2) is 18.2 Å². The van der Waals surface area contributed by atoms with E-state index in [0.717, 1.165) is 11.5 Å². The molecule has 0 heterocycles. The highest BCUT2D eigenvalue weighted by Gasteiger charge is 2.22. The van der Waals surface area contributed by atoms with Crippen LogP contribution in [0.3, 0.4) is 0 Å². The van der Waals surface area contributed by atoms with Crippen molar-refractivity contribution in [3.05, 3.63) is 38.9 Å². The van der Waals surface area contributed by atoms with Crippen LogP contribution in [0, 0.1) is 16.0 Å². The fourth-order valence-corrected chi connectivity index (χ4v) is 3.05. The van der Waals surface area contributed by atoms with Crippen molar-refractivity contribution in [2.24, 2.45) is 5.92 Å². The predicted octanol–water partition coefficient (Wildman–Crippen LogP) is 4.26. The summed E-state index contributed by atoms with van der Waals surface area (Å²) in [5, 5.41) is 11.4. The van der Waals surface area contributed by atoms with Crippen LogP contribution in [-0.2, 0) is 6.54 Å². The molecule has 1 fully saturated rings. The van der Waals surface area contributed by atoms with E-state index in [-0.39, 0.29) is 10.6 Å². The molecule has 1 aromatic carbocycles. The Morgan fingerprint density at radius 1 is 1.35 bits per heavy atom. The number of non-ortho nitro benzene ring substituents is 1. The van der Waals surface area contributed by atoms with Gasteiger partial charge in [-0.25, -0.2) is 0 Å². The summed E-state index contributed by atoms with van der Waals surface area (Å²) in [6, 6.07) is 5.21. The third-order valence-corrected chi connectivity index (χ3v) is 4.64. The van der Waals surface area contributed by atoms with Gasteiger partial charge in [0, 0.05) is 29.7 Å². The Balaban J connectivity index is 2.05. The van der Waals surface area contributed by atoms with Gasteiger partial charge >= 0.3 is 0 Å². The van der Waals surface area contributed by atoms with E-state index in [0.29, 0.717) is 17.6 Å². The van der Waals surface area contributed by atoms with Gasteiger partial charge in [-0.05, 0) is 50.3 Å². The first-order chi connectivity index (χ1) is 9.47. The van der Waals surface area contributed by atoms with Crippen molar-refractivity contribution in [3.63, 3.8) is 0 Å². The summed E-state index contributed by atoms with van der Waals surface area (Å²) in [4.78, 5) is 12.7. The van der Waals surface area contributed by atoms with E-state index in [9.17, 15) is 10.1 Å². The van der Waals surface area contributed by atoms with Gasteiger partial charge in [-0.15, -0.1) is 0 Å². The first-order valence-corrected chi connectivity index (χ1v) is 7.48. The Bertz CT molecular complexity index is 485. The molecule has 0 radical (unpaired) electrons. The summed E-state index contributed by atoms with van der Waals surface area (Å²) < 4.78 is 0. The number of nitrogens with zero attached hydrogens (tertiary/aromatic N) is 2. The molecule has 4 nitrogen and oxygen atoms in total. The average molecular weight is 297 g/mol. The molecule has 0 bridgehead atoms. The molecule has 2 rings (SSSR count). The summed E-state index contributed by atoms with van der Waals surface area (Å²) in [7, 11) is 2.08. The zero-order chi connectivity index (χ0) is 14.7. The van der Waals surface area contributed by atoms with Gasteiger partial charge in [-0.1, -0.05) is 18.5 Å². The van der Waals surface area contributed by atoms with Crippen LogP contribution < -0.4 is 0 Å². The van der Waals surface area contributed by atoms with Crippen LogP contribution in [0.5, 0.6) is 0 Å². The monoisotopic (exact) mass is 296 g/mol. The van der Waals surface area contributed by atoms with Gasteiger partial charge in [0.1, 0.15) is 0 Å². The van der Waals surface area contributed by atoms with E-state index in [1.165, 1.54) is 31.7 Å². The minimum atomic E-state index is -0.373. The second kappa shape index (κ2) is 6.55. The van der Waals surface area contributed by atoms with E-state index in [2.05, 4.69) is 18.9 Å². The summed E-state index contributed by atoms with van der Waals surface area (Å²) in [5.41, 5.74) is 0.942. The Labute approximate surface area is 124 Å². The van der Waals surface area contributed by atoms with Crippen LogP contribution in [-0.4, -0.2) is 22.9 Å².